The molecule has 1 aromatic heterocycles. The zero-order chi connectivity index (χ0) is 17.2. The minimum Gasteiger partial charge on any atom is -0.448 e. The van der Waals surface area contributed by atoms with Crippen LogP contribution in [0, 0.1) is 0 Å². The molecule has 3 aromatic rings. The number of nitrogens with one attached hydrogen (secondary N) is 1. The number of aromatic nitrogens is 3. The van der Waals surface area contributed by atoms with Crippen LogP contribution in [-0.2, 0) is 6.42 Å². The molecule has 0 amide bonds. The van der Waals surface area contributed by atoms with Gasteiger partial charge in [-0.3, -0.25) is 0 Å². The predicted octanol–water partition coefficient (Wildman–Crippen LogP) is 4.33. The second-order valence-corrected chi connectivity index (χ2v) is 6.51. The Morgan fingerprint density at radius 3 is 2.64 bits per heavy atom. The monoisotopic (exact) mass is 350 g/mol. The van der Waals surface area contributed by atoms with E-state index in [0.29, 0.717) is 16.7 Å². The molecule has 0 fully saturated rings. The van der Waals surface area contributed by atoms with Gasteiger partial charge in [-0.25, -0.2) is 0 Å². The molecule has 0 saturated heterocycles. The van der Waals surface area contributed by atoms with Gasteiger partial charge in [0.05, 0.1) is 0 Å². The van der Waals surface area contributed by atoms with Crippen molar-refractivity contribution in [2.45, 2.75) is 24.7 Å². The van der Waals surface area contributed by atoms with Crippen LogP contribution in [0.4, 0.5) is 5.69 Å². The Balaban J connectivity index is 1.81. The maximum atomic E-state index is 6.20. The highest BCUT2D eigenvalue weighted by molar-refractivity contribution is 7.98. The number of fused-ring (bicyclic) bond motifs is 3. The Bertz CT molecular complexity index is 898. The largest absolute Gasteiger partial charge is 0.448 e. The fourth-order valence-corrected chi connectivity index (χ4v) is 3.11. The molecule has 6 heteroatoms. The number of rotatable bonds is 3. The van der Waals surface area contributed by atoms with Gasteiger partial charge in [0.1, 0.15) is 0 Å². The Kier molecular flexibility index (Phi) is 4.28. The highest BCUT2D eigenvalue weighted by atomic mass is 32.2. The molecule has 0 bridgehead atoms. The number of hydrogen-bond acceptors (Lipinski definition) is 6. The Labute approximate surface area is 150 Å². The van der Waals surface area contributed by atoms with Crippen LogP contribution in [0.2, 0.25) is 0 Å². The smallest absolute Gasteiger partial charge is 0.247 e. The minimum absolute atomic E-state index is 0.334. The van der Waals surface area contributed by atoms with Crippen LogP contribution in [-0.4, -0.2) is 21.4 Å². The van der Waals surface area contributed by atoms with E-state index < -0.39 is 0 Å². The van der Waals surface area contributed by atoms with Gasteiger partial charge >= 0.3 is 0 Å². The maximum absolute atomic E-state index is 6.20. The summed E-state index contributed by atoms with van der Waals surface area (Å²) in [5, 5.41) is 12.6. The normalized spacial score (nSPS) is 15.4. The van der Waals surface area contributed by atoms with Crippen LogP contribution in [0.5, 0.6) is 5.88 Å². The Morgan fingerprint density at radius 2 is 1.88 bits per heavy atom. The molecule has 126 valence electrons. The highest BCUT2D eigenvalue weighted by Gasteiger charge is 2.25. The van der Waals surface area contributed by atoms with Crippen molar-refractivity contribution < 1.29 is 4.74 Å². The molecular weight excluding hydrogens is 332 g/mol. The first-order chi connectivity index (χ1) is 12.3. The third-order valence-corrected chi connectivity index (χ3v) is 4.74. The number of hydrogen-bond donors (Lipinski definition) is 1. The van der Waals surface area contributed by atoms with Crippen molar-refractivity contribution in [1.29, 1.82) is 0 Å². The average molecular weight is 350 g/mol. The summed E-state index contributed by atoms with van der Waals surface area (Å²) in [6.45, 7) is 2.15. The van der Waals surface area contributed by atoms with Gasteiger partial charge in [-0.15, -0.1) is 10.2 Å². The van der Waals surface area contributed by atoms with Crippen LogP contribution in [0.25, 0.3) is 11.3 Å². The van der Waals surface area contributed by atoms with Gasteiger partial charge in [0, 0.05) is 16.8 Å². The summed E-state index contributed by atoms with van der Waals surface area (Å²) in [4.78, 5) is 4.53. The van der Waals surface area contributed by atoms with Crippen molar-refractivity contribution in [3.05, 3.63) is 59.7 Å². The molecule has 5 nitrogen and oxygen atoms in total. The summed E-state index contributed by atoms with van der Waals surface area (Å²) in [5.74, 6) is 0.501. The molecule has 0 unspecified atom stereocenters. The van der Waals surface area contributed by atoms with Crippen LogP contribution >= 0.6 is 11.8 Å². The molecule has 0 aliphatic carbocycles. The number of ether oxygens (including phenoxy) is 1. The number of benzene rings is 2. The van der Waals surface area contributed by atoms with Gasteiger partial charge in [-0.05, 0) is 24.3 Å². The lowest BCUT2D eigenvalue weighted by atomic mass is 10.1. The van der Waals surface area contributed by atoms with Crippen LogP contribution in [0.15, 0.2) is 53.7 Å². The molecule has 0 radical (unpaired) electrons. The summed E-state index contributed by atoms with van der Waals surface area (Å²) in [6, 6.07) is 16.4. The number of nitrogens with zero attached hydrogens (tertiary/aromatic N) is 3. The van der Waals surface area contributed by atoms with Gasteiger partial charge < -0.3 is 10.1 Å². The van der Waals surface area contributed by atoms with Crippen LogP contribution in [0.3, 0.4) is 0 Å². The van der Waals surface area contributed by atoms with Crippen LogP contribution < -0.4 is 10.1 Å². The molecule has 4 rings (SSSR count). The Morgan fingerprint density at radius 1 is 1.08 bits per heavy atom. The van der Waals surface area contributed by atoms with E-state index >= 15 is 0 Å². The fraction of sp³-hybridized carbons (Fsp3) is 0.211. The van der Waals surface area contributed by atoms with Gasteiger partial charge in [-0.1, -0.05) is 61.2 Å². The topological polar surface area (TPSA) is 59.9 Å². The molecule has 2 aromatic carbocycles. The first-order valence-electron chi connectivity index (χ1n) is 8.18. The third-order valence-electron chi connectivity index (χ3n) is 4.21. The van der Waals surface area contributed by atoms with Crippen molar-refractivity contribution >= 4 is 17.4 Å². The van der Waals surface area contributed by atoms with Gasteiger partial charge in [0.2, 0.25) is 11.0 Å². The van der Waals surface area contributed by atoms with Crippen molar-refractivity contribution in [3.63, 3.8) is 0 Å². The average Bonchev–Trinajstić information content (AvgIpc) is 2.84. The van der Waals surface area contributed by atoms with Gasteiger partial charge in [0.25, 0.3) is 0 Å². The van der Waals surface area contributed by atoms with E-state index in [1.54, 1.807) is 0 Å². The molecule has 0 spiro atoms. The summed E-state index contributed by atoms with van der Waals surface area (Å²) in [6.07, 6.45) is 2.60. The number of para-hydroxylation sites is 1. The first-order valence-corrected chi connectivity index (χ1v) is 9.41. The predicted molar refractivity (Wildman–Crippen MR) is 99.9 cm³/mol. The third kappa shape index (κ3) is 3.05. The Hall–Kier alpha value is -2.60. The van der Waals surface area contributed by atoms with E-state index in [9.17, 15) is 0 Å². The second kappa shape index (κ2) is 6.72. The van der Waals surface area contributed by atoms with E-state index in [4.69, 9.17) is 4.74 Å². The van der Waals surface area contributed by atoms with Gasteiger partial charge in [0.15, 0.2) is 11.9 Å². The molecular formula is C19H18N4OS. The van der Waals surface area contributed by atoms with Crippen molar-refractivity contribution in [1.82, 2.24) is 15.2 Å². The molecule has 0 saturated carbocycles. The zero-order valence-electron chi connectivity index (χ0n) is 14.1. The number of thioether (sulfide) groups is 1. The van der Waals surface area contributed by atoms with Crippen molar-refractivity contribution in [2.75, 3.05) is 11.6 Å². The van der Waals surface area contributed by atoms with Gasteiger partial charge in [-0.2, -0.15) is 4.98 Å². The summed E-state index contributed by atoms with van der Waals surface area (Å²) in [5.41, 5.74) is 4.90. The summed E-state index contributed by atoms with van der Waals surface area (Å²) >= 11 is 1.45. The number of anilines is 1. The molecule has 1 atom stereocenters. The molecule has 1 aliphatic heterocycles. The molecule has 2 heterocycles. The first kappa shape index (κ1) is 15.9. The number of aryl methyl sites for hydroxylation is 1. The standard InChI is InChI=1S/C19H18N4OS/c1-3-12-8-10-13(11-9-12)17-20-15-7-5-4-6-14(15)16-18(24-17)21-19(25-2)23-22-16/h4-11,17,20H,3H2,1-2H3/t17-/m1/s1. The summed E-state index contributed by atoms with van der Waals surface area (Å²) < 4.78 is 6.20. The maximum Gasteiger partial charge on any atom is 0.247 e. The van der Waals surface area contributed by atoms with E-state index in [0.717, 1.165) is 23.2 Å². The molecule has 1 aliphatic rings. The lowest BCUT2D eigenvalue weighted by Crippen LogP contribution is -2.17. The quantitative estimate of drug-likeness (QED) is 0.710. The molecule has 1 N–H and O–H groups in total. The lowest BCUT2D eigenvalue weighted by molar-refractivity contribution is 0.225. The SMILES string of the molecule is CCc1ccc([C@@H]2Nc3ccccc3-c3nnc(SC)nc3O2)cc1. The van der Waals surface area contributed by atoms with E-state index in [1.165, 1.54) is 17.3 Å². The second-order valence-electron chi connectivity index (χ2n) is 5.74. The molecule has 25 heavy (non-hydrogen) atoms. The minimum atomic E-state index is -0.334. The van der Waals surface area contributed by atoms with E-state index in [-0.39, 0.29) is 6.23 Å². The summed E-state index contributed by atoms with van der Waals surface area (Å²) in [7, 11) is 0. The van der Waals surface area contributed by atoms with Crippen LogP contribution in [0.1, 0.15) is 24.3 Å². The van der Waals surface area contributed by atoms with Crippen molar-refractivity contribution in [3.8, 4) is 17.1 Å². The highest BCUT2D eigenvalue weighted by Crippen LogP contribution is 2.39. The van der Waals surface area contributed by atoms with E-state index in [2.05, 4.69) is 51.7 Å². The van der Waals surface area contributed by atoms with Crippen molar-refractivity contribution in [2.24, 2.45) is 0 Å². The lowest BCUT2D eigenvalue weighted by Gasteiger charge is -2.19. The zero-order valence-corrected chi connectivity index (χ0v) is 14.9. The fourth-order valence-electron chi connectivity index (χ4n) is 2.81. The van der Waals surface area contributed by atoms with E-state index in [1.807, 2.05) is 30.5 Å².